The standard InChI is InChI=1S/C46H77NO17.C2H6O4S/c1-13-33-30(22-58-45-42(57-12)41(56-11)37(52)26(5)60-45)18-23(2)14-15-31(49)24(3)19-29(16-17-48)39(25(4)32(50)20-34(51)62-33)64-44-38(53)36(47(9)10)40(27(6)61-44)63-35-21-46(8,55)43(54)28(7)59-35;3-1-2-7(4,5)6/h14-15,17-18,24-30,32-33,35-45,50,52-55H,13,16,19-22H2,1-12H3;3H,1-2H2,(H,4,5,6)/b15-14+,23-18+;/t24-,25+,26-,27-,28+,29+,30?,32-,33-,35+,36-,37-,38-,39-,40-,41-,42-,43+,44-,45-,46-;/m1./s1. The quantitative estimate of drug-likeness (QED) is 0.0675. The minimum atomic E-state index is -3.92. The van der Waals surface area contributed by atoms with Crippen LogP contribution in [0.4, 0.5) is 0 Å². The molecule has 3 saturated heterocycles. The van der Waals surface area contributed by atoms with E-state index in [1.54, 1.807) is 59.7 Å². The van der Waals surface area contributed by atoms with Crippen molar-refractivity contribution < 1.29 is 101 Å². The molecule has 0 radical (unpaired) electrons. The highest BCUT2D eigenvalue weighted by Crippen LogP contribution is 2.37. The highest BCUT2D eigenvalue weighted by Gasteiger charge is 2.52. The number of ketones is 1. The van der Waals surface area contributed by atoms with E-state index in [4.69, 9.17) is 52.3 Å². The molecule has 0 amide bonds. The van der Waals surface area contributed by atoms with Gasteiger partial charge in [0.25, 0.3) is 10.1 Å². The first-order chi connectivity index (χ1) is 33.1. The highest BCUT2D eigenvalue weighted by molar-refractivity contribution is 7.85. The lowest BCUT2D eigenvalue weighted by Crippen LogP contribution is -2.65. The molecule has 22 nitrogen and oxygen atoms in total. The van der Waals surface area contributed by atoms with Crippen LogP contribution in [0, 0.1) is 23.7 Å². The third kappa shape index (κ3) is 17.9. The first kappa shape index (κ1) is 62.9. The molecule has 3 fully saturated rings. The molecule has 4 rings (SSSR count). The van der Waals surface area contributed by atoms with Gasteiger partial charge in [-0.1, -0.05) is 38.5 Å². The predicted molar refractivity (Wildman–Crippen MR) is 254 cm³/mol. The molecule has 71 heavy (non-hydrogen) atoms. The van der Waals surface area contributed by atoms with Crippen molar-refractivity contribution in [2.45, 2.75) is 191 Å². The maximum absolute atomic E-state index is 13.8. The van der Waals surface area contributed by atoms with Gasteiger partial charge in [-0.15, -0.1) is 0 Å². The van der Waals surface area contributed by atoms with Gasteiger partial charge in [0.2, 0.25) is 0 Å². The summed E-state index contributed by atoms with van der Waals surface area (Å²) in [5.74, 6) is -4.17. The summed E-state index contributed by atoms with van der Waals surface area (Å²) in [5, 5.41) is 63.6. The number of carbonyl (C=O) groups is 3. The Balaban J connectivity index is 0.00000176. The summed E-state index contributed by atoms with van der Waals surface area (Å²) in [6.45, 7) is 13.1. The molecule has 21 atom stereocenters. The zero-order valence-electron chi connectivity index (χ0n) is 43.2. The van der Waals surface area contributed by atoms with Crippen LogP contribution in [0.15, 0.2) is 23.8 Å². The lowest BCUT2D eigenvalue weighted by atomic mass is 9.79. The van der Waals surface area contributed by atoms with Crippen molar-refractivity contribution in [1.82, 2.24) is 4.90 Å². The van der Waals surface area contributed by atoms with Gasteiger partial charge >= 0.3 is 5.97 Å². The number of ether oxygens (including phenoxy) is 9. The van der Waals surface area contributed by atoms with E-state index < -0.39 is 162 Å². The molecule has 0 aliphatic carbocycles. The average molecular weight is 1040 g/mol. The van der Waals surface area contributed by atoms with Gasteiger partial charge in [0, 0.05) is 44.8 Å². The Morgan fingerprint density at radius 1 is 0.873 bits per heavy atom. The summed E-state index contributed by atoms with van der Waals surface area (Å²) < 4.78 is 81.8. The number of methoxy groups -OCH3 is 2. The number of rotatable bonds is 15. The number of nitrogens with zero attached hydrogens (tertiary/aromatic N) is 1. The van der Waals surface area contributed by atoms with Crippen LogP contribution in [0.3, 0.4) is 0 Å². The zero-order chi connectivity index (χ0) is 53.7. The molecule has 1 unspecified atom stereocenters. The van der Waals surface area contributed by atoms with Crippen LogP contribution < -0.4 is 0 Å². The molecule has 4 heterocycles. The lowest BCUT2D eigenvalue weighted by Gasteiger charge is -2.50. The van der Waals surface area contributed by atoms with Gasteiger partial charge in [0.05, 0.1) is 67.6 Å². The van der Waals surface area contributed by atoms with E-state index in [-0.39, 0.29) is 31.7 Å². The summed E-state index contributed by atoms with van der Waals surface area (Å²) in [6, 6.07) is -0.748. The Kier molecular flexibility index (Phi) is 25.2. The third-order valence-electron chi connectivity index (χ3n) is 13.8. The normalized spacial score (nSPS) is 42.6. The minimum Gasteiger partial charge on any atom is -0.462 e. The number of aliphatic hydroxyl groups is 6. The number of aldehydes is 1. The van der Waals surface area contributed by atoms with Gasteiger partial charge in [-0.25, -0.2) is 0 Å². The SMILES string of the molecule is CC[C@H]1OC(=O)C[C@@H](O)[C@H](C)[C@@H](O[C@H]2O[C@H](C)[C@@H](O[C@H]3C[C@@](C)(O)[C@@H](O)[C@H](C)O3)[C@H](N(C)C)[C@H]2O)[C@@H](CC=O)C[C@@H](C)C(=O)/C=C/C(C)=C/C1CO[C@@H]1O[C@H](C)[C@@H](O)[C@@H](OC)[C@H]1OC.O=S(=O)(O)CCO. The van der Waals surface area contributed by atoms with Gasteiger partial charge < -0.3 is 83.0 Å². The van der Waals surface area contributed by atoms with Crippen LogP contribution in [-0.4, -0.2) is 218 Å². The number of cyclic esters (lactones) is 1. The largest absolute Gasteiger partial charge is 0.462 e. The first-order valence-corrected chi connectivity index (χ1v) is 25.9. The second kappa shape index (κ2) is 28.5. The first-order valence-electron chi connectivity index (χ1n) is 24.3. The van der Waals surface area contributed by atoms with Crippen LogP contribution in [0.1, 0.15) is 87.5 Å². The molecule has 0 aromatic rings. The van der Waals surface area contributed by atoms with E-state index in [1.165, 1.54) is 27.2 Å². The maximum Gasteiger partial charge on any atom is 0.308 e. The number of hydrogen-bond donors (Lipinski definition) is 7. The molecule has 0 aromatic heterocycles. The van der Waals surface area contributed by atoms with Gasteiger partial charge in [0.1, 0.15) is 49.0 Å². The molecule has 0 aromatic carbocycles. The number of carbonyl (C=O) groups excluding carboxylic acids is 3. The van der Waals surface area contributed by atoms with Crippen LogP contribution in [0.5, 0.6) is 0 Å². The Hall–Kier alpha value is -2.40. The fourth-order valence-electron chi connectivity index (χ4n) is 9.62. The number of likely N-dealkylation sites (N-methyl/N-ethyl adjacent to an activating group) is 1. The van der Waals surface area contributed by atoms with Crippen LogP contribution in [0.2, 0.25) is 0 Å². The molecule has 0 saturated carbocycles. The predicted octanol–water partition coefficient (Wildman–Crippen LogP) is 0.700. The lowest BCUT2D eigenvalue weighted by molar-refractivity contribution is -0.341. The number of aliphatic hydroxyl groups excluding tert-OH is 5. The van der Waals surface area contributed by atoms with Gasteiger partial charge in [-0.05, 0) is 73.5 Å². The molecule has 7 N–H and O–H groups in total. The zero-order valence-corrected chi connectivity index (χ0v) is 44.0. The fraction of sp³-hybridized carbons (Fsp3) is 0.854. The van der Waals surface area contributed by atoms with E-state index in [9.17, 15) is 48.3 Å². The third-order valence-corrected chi connectivity index (χ3v) is 14.5. The molecule has 0 spiro atoms. The molecule has 0 bridgehead atoms. The summed E-state index contributed by atoms with van der Waals surface area (Å²) in [5.41, 5.74) is -0.806. The highest BCUT2D eigenvalue weighted by atomic mass is 32.2. The monoisotopic (exact) mass is 1040 g/mol. The van der Waals surface area contributed by atoms with E-state index in [0.717, 1.165) is 6.29 Å². The van der Waals surface area contributed by atoms with Gasteiger partial charge in [-0.2, -0.15) is 8.42 Å². The van der Waals surface area contributed by atoms with E-state index >= 15 is 0 Å². The topological polar surface area (TPSA) is 313 Å². The molecule has 23 heteroatoms. The summed E-state index contributed by atoms with van der Waals surface area (Å²) in [7, 11) is 2.51. The van der Waals surface area contributed by atoms with E-state index in [2.05, 4.69) is 0 Å². The van der Waals surface area contributed by atoms with Crippen molar-refractivity contribution in [2.75, 3.05) is 47.3 Å². The molecule has 412 valence electrons. The molecule has 4 aliphatic heterocycles. The Morgan fingerprint density at radius 3 is 2.04 bits per heavy atom. The number of hydrogen-bond acceptors (Lipinski definition) is 21. The summed E-state index contributed by atoms with van der Waals surface area (Å²) in [6.07, 6.45) is -8.49. The van der Waals surface area contributed by atoms with Crippen LogP contribution in [0.25, 0.3) is 0 Å². The van der Waals surface area contributed by atoms with Crippen molar-refractivity contribution in [3.05, 3.63) is 23.8 Å². The van der Waals surface area contributed by atoms with Crippen LogP contribution in [-0.2, 0) is 67.1 Å². The minimum absolute atomic E-state index is 0.00788. The Bertz CT molecular complexity index is 1830. The molecular formula is C48H83NO21S. The smallest absolute Gasteiger partial charge is 0.308 e. The van der Waals surface area contributed by atoms with Crippen molar-refractivity contribution in [2.24, 2.45) is 23.7 Å². The summed E-state index contributed by atoms with van der Waals surface area (Å²) in [4.78, 5) is 41.5. The van der Waals surface area contributed by atoms with Crippen molar-refractivity contribution in [3.8, 4) is 0 Å². The fourth-order valence-corrected chi connectivity index (χ4v) is 9.85. The summed E-state index contributed by atoms with van der Waals surface area (Å²) >= 11 is 0. The average Bonchev–Trinajstić information content (AvgIpc) is 3.28. The Labute approximate surface area is 418 Å². The number of allylic oxidation sites excluding steroid dienone is 3. The Morgan fingerprint density at radius 2 is 1.51 bits per heavy atom. The molecule has 4 aliphatic rings. The van der Waals surface area contributed by atoms with E-state index in [0.29, 0.717) is 12.0 Å². The van der Waals surface area contributed by atoms with Crippen molar-refractivity contribution >= 4 is 28.2 Å². The second-order valence-corrected chi connectivity index (χ2v) is 21.3. The van der Waals surface area contributed by atoms with Gasteiger partial charge in [-0.3, -0.25) is 14.1 Å². The van der Waals surface area contributed by atoms with Crippen LogP contribution >= 0.6 is 0 Å². The van der Waals surface area contributed by atoms with Gasteiger partial charge in [0.15, 0.2) is 24.7 Å². The number of esters is 1. The van der Waals surface area contributed by atoms with E-state index in [1.807, 2.05) is 19.9 Å². The molecular weight excluding hydrogens is 959 g/mol. The van der Waals surface area contributed by atoms with Crippen molar-refractivity contribution in [1.29, 1.82) is 0 Å². The van der Waals surface area contributed by atoms with Crippen molar-refractivity contribution in [3.63, 3.8) is 0 Å². The maximum atomic E-state index is 13.8. The second-order valence-electron chi connectivity index (χ2n) is 19.8.